The van der Waals surface area contributed by atoms with Gasteiger partial charge in [0, 0.05) is 11.4 Å². The van der Waals surface area contributed by atoms with Crippen molar-refractivity contribution in [3.05, 3.63) is 47.3 Å². The Morgan fingerprint density at radius 3 is 2.70 bits per heavy atom. The van der Waals surface area contributed by atoms with E-state index in [1.54, 1.807) is 6.07 Å². The van der Waals surface area contributed by atoms with Gasteiger partial charge in [0.1, 0.15) is 5.82 Å². The standard InChI is InChI=1S/C18H22FN/c1-3-10-20-17-9-8-12(2)18-14-7-5-4-6-13(14)16(19)11-15(17)18/h4-7,11-12,17,20H,3,8-10H2,1-2H3. The summed E-state index contributed by atoms with van der Waals surface area (Å²) >= 11 is 0. The molecule has 2 atom stereocenters. The normalized spacial score (nSPS) is 21.9. The van der Waals surface area contributed by atoms with Gasteiger partial charge >= 0.3 is 0 Å². The van der Waals surface area contributed by atoms with Crippen molar-refractivity contribution in [3.63, 3.8) is 0 Å². The van der Waals surface area contributed by atoms with Crippen molar-refractivity contribution >= 4 is 10.8 Å². The van der Waals surface area contributed by atoms with E-state index in [1.165, 1.54) is 17.5 Å². The summed E-state index contributed by atoms with van der Waals surface area (Å²) in [6, 6.07) is 9.95. The third kappa shape index (κ3) is 2.22. The summed E-state index contributed by atoms with van der Waals surface area (Å²) in [6.45, 7) is 5.42. The number of hydrogen-bond donors (Lipinski definition) is 1. The van der Waals surface area contributed by atoms with Gasteiger partial charge in [0.05, 0.1) is 0 Å². The van der Waals surface area contributed by atoms with Gasteiger partial charge in [0.2, 0.25) is 0 Å². The van der Waals surface area contributed by atoms with Crippen LogP contribution in [0.2, 0.25) is 0 Å². The van der Waals surface area contributed by atoms with Gasteiger partial charge in [-0.25, -0.2) is 4.39 Å². The van der Waals surface area contributed by atoms with Gasteiger partial charge in [0.15, 0.2) is 0 Å². The van der Waals surface area contributed by atoms with Crippen LogP contribution in [-0.2, 0) is 0 Å². The van der Waals surface area contributed by atoms with Gasteiger partial charge in [-0.2, -0.15) is 0 Å². The predicted octanol–water partition coefficient (Wildman–Crippen LogP) is 4.92. The Morgan fingerprint density at radius 1 is 1.20 bits per heavy atom. The fourth-order valence-corrected chi connectivity index (χ4v) is 3.46. The second-order valence-electron chi connectivity index (χ2n) is 5.89. The molecule has 0 radical (unpaired) electrons. The molecule has 2 aromatic rings. The third-order valence-electron chi connectivity index (χ3n) is 4.47. The molecule has 2 heteroatoms. The van der Waals surface area contributed by atoms with Crippen LogP contribution in [0.1, 0.15) is 56.2 Å². The van der Waals surface area contributed by atoms with Crippen LogP contribution in [0.3, 0.4) is 0 Å². The van der Waals surface area contributed by atoms with Gasteiger partial charge in [-0.1, -0.05) is 38.1 Å². The van der Waals surface area contributed by atoms with Crippen LogP contribution < -0.4 is 5.32 Å². The van der Waals surface area contributed by atoms with Crippen LogP contribution >= 0.6 is 0 Å². The van der Waals surface area contributed by atoms with Crippen LogP contribution in [0, 0.1) is 5.82 Å². The minimum Gasteiger partial charge on any atom is -0.310 e. The molecule has 0 spiro atoms. The van der Waals surface area contributed by atoms with Crippen molar-refractivity contribution in [2.75, 3.05) is 6.54 Å². The lowest BCUT2D eigenvalue weighted by molar-refractivity contribution is 0.432. The maximum Gasteiger partial charge on any atom is 0.131 e. The molecule has 2 unspecified atom stereocenters. The van der Waals surface area contributed by atoms with Crippen molar-refractivity contribution in [1.29, 1.82) is 0 Å². The van der Waals surface area contributed by atoms with E-state index in [4.69, 9.17) is 0 Å². The highest BCUT2D eigenvalue weighted by Crippen LogP contribution is 2.42. The zero-order valence-corrected chi connectivity index (χ0v) is 12.2. The summed E-state index contributed by atoms with van der Waals surface area (Å²) in [6.07, 6.45) is 3.38. The summed E-state index contributed by atoms with van der Waals surface area (Å²) in [5, 5.41) is 5.43. The molecule has 0 heterocycles. The zero-order valence-electron chi connectivity index (χ0n) is 12.2. The van der Waals surface area contributed by atoms with Crippen LogP contribution in [0.15, 0.2) is 30.3 Å². The Balaban J connectivity index is 2.17. The molecule has 0 fully saturated rings. The van der Waals surface area contributed by atoms with E-state index >= 15 is 0 Å². The number of fused-ring (bicyclic) bond motifs is 3. The number of nitrogens with one attached hydrogen (secondary N) is 1. The van der Waals surface area contributed by atoms with Gasteiger partial charge in [0.25, 0.3) is 0 Å². The van der Waals surface area contributed by atoms with Crippen LogP contribution in [0.25, 0.3) is 10.8 Å². The molecule has 0 aromatic heterocycles. The average Bonchev–Trinajstić information content (AvgIpc) is 2.47. The zero-order chi connectivity index (χ0) is 14.1. The number of hydrogen-bond acceptors (Lipinski definition) is 1. The molecule has 0 amide bonds. The maximum absolute atomic E-state index is 14.4. The number of rotatable bonds is 3. The molecule has 0 bridgehead atoms. The highest BCUT2D eigenvalue weighted by Gasteiger charge is 2.27. The first kappa shape index (κ1) is 13.6. The second-order valence-corrected chi connectivity index (χ2v) is 5.89. The van der Waals surface area contributed by atoms with Crippen molar-refractivity contribution in [3.8, 4) is 0 Å². The second kappa shape index (κ2) is 5.53. The lowest BCUT2D eigenvalue weighted by atomic mass is 9.78. The molecule has 1 nitrogen and oxygen atoms in total. The summed E-state index contributed by atoms with van der Waals surface area (Å²) in [4.78, 5) is 0. The Kier molecular flexibility index (Phi) is 3.75. The molecule has 3 rings (SSSR count). The van der Waals surface area contributed by atoms with Gasteiger partial charge in [-0.15, -0.1) is 0 Å². The highest BCUT2D eigenvalue weighted by atomic mass is 19.1. The lowest BCUT2D eigenvalue weighted by Crippen LogP contribution is -2.27. The monoisotopic (exact) mass is 271 g/mol. The van der Waals surface area contributed by atoms with Gasteiger partial charge in [-0.3, -0.25) is 0 Å². The minimum absolute atomic E-state index is 0.0863. The summed E-state index contributed by atoms with van der Waals surface area (Å²) in [5.74, 6) is 0.423. The Hall–Kier alpha value is -1.41. The SMILES string of the molecule is CCCNC1CCC(C)c2c1cc(F)c1ccccc21. The van der Waals surface area contributed by atoms with Crippen LogP contribution in [0.5, 0.6) is 0 Å². The number of benzene rings is 2. The quantitative estimate of drug-likeness (QED) is 0.835. The first-order chi connectivity index (χ1) is 9.72. The van der Waals surface area contributed by atoms with E-state index < -0.39 is 0 Å². The molecular formula is C18H22FN. The largest absolute Gasteiger partial charge is 0.310 e. The molecule has 0 aliphatic heterocycles. The summed E-state index contributed by atoms with van der Waals surface area (Å²) < 4.78 is 14.4. The van der Waals surface area contributed by atoms with Gasteiger partial charge in [-0.05, 0) is 54.3 Å². The van der Waals surface area contributed by atoms with E-state index in [9.17, 15) is 4.39 Å². The maximum atomic E-state index is 14.4. The molecule has 0 saturated heterocycles. The number of halogens is 1. The molecule has 0 saturated carbocycles. The fourth-order valence-electron chi connectivity index (χ4n) is 3.46. The van der Waals surface area contributed by atoms with Crippen molar-refractivity contribution in [2.45, 2.75) is 45.1 Å². The summed E-state index contributed by atoms with van der Waals surface area (Å²) in [5.41, 5.74) is 2.52. The molecule has 1 aliphatic rings. The van der Waals surface area contributed by atoms with Crippen LogP contribution in [-0.4, -0.2) is 6.54 Å². The highest BCUT2D eigenvalue weighted by molar-refractivity contribution is 5.88. The van der Waals surface area contributed by atoms with E-state index in [0.29, 0.717) is 12.0 Å². The van der Waals surface area contributed by atoms with E-state index in [-0.39, 0.29) is 5.82 Å². The molecular weight excluding hydrogens is 249 g/mol. The van der Waals surface area contributed by atoms with E-state index in [0.717, 1.165) is 30.2 Å². The van der Waals surface area contributed by atoms with Crippen molar-refractivity contribution in [1.82, 2.24) is 5.32 Å². The molecule has 20 heavy (non-hydrogen) atoms. The van der Waals surface area contributed by atoms with Crippen molar-refractivity contribution < 1.29 is 4.39 Å². The van der Waals surface area contributed by atoms with Crippen molar-refractivity contribution in [2.24, 2.45) is 0 Å². The molecule has 1 N–H and O–H groups in total. The first-order valence-corrected chi connectivity index (χ1v) is 7.66. The smallest absolute Gasteiger partial charge is 0.131 e. The Labute approximate surface area is 120 Å². The third-order valence-corrected chi connectivity index (χ3v) is 4.47. The predicted molar refractivity (Wildman–Crippen MR) is 82.6 cm³/mol. The molecule has 1 aliphatic carbocycles. The molecule has 2 aromatic carbocycles. The van der Waals surface area contributed by atoms with E-state index in [2.05, 4.69) is 25.2 Å². The first-order valence-electron chi connectivity index (χ1n) is 7.66. The lowest BCUT2D eigenvalue weighted by Gasteiger charge is -2.32. The summed E-state index contributed by atoms with van der Waals surface area (Å²) in [7, 11) is 0. The Bertz CT molecular complexity index is 620. The minimum atomic E-state index is -0.0863. The topological polar surface area (TPSA) is 12.0 Å². The Morgan fingerprint density at radius 2 is 1.95 bits per heavy atom. The van der Waals surface area contributed by atoms with E-state index in [1.807, 2.05) is 18.2 Å². The fraction of sp³-hybridized carbons (Fsp3) is 0.444. The molecule has 106 valence electrons. The van der Waals surface area contributed by atoms with Crippen LogP contribution in [0.4, 0.5) is 4.39 Å². The van der Waals surface area contributed by atoms with Gasteiger partial charge < -0.3 is 5.32 Å². The average molecular weight is 271 g/mol.